The van der Waals surface area contributed by atoms with Gasteiger partial charge in [0.15, 0.2) is 5.82 Å². The van der Waals surface area contributed by atoms with E-state index in [2.05, 4.69) is 28.3 Å². The van der Waals surface area contributed by atoms with Gasteiger partial charge in [0, 0.05) is 11.9 Å². The smallest absolute Gasteiger partial charge is 0.164 e. The molecule has 0 amide bonds. The van der Waals surface area contributed by atoms with Crippen LogP contribution in [0, 0.1) is 6.92 Å². The zero-order valence-corrected chi connectivity index (χ0v) is 13.9. The van der Waals surface area contributed by atoms with E-state index in [1.54, 1.807) is 6.07 Å². The quantitative estimate of drug-likeness (QED) is 0.694. The van der Waals surface area contributed by atoms with Crippen molar-refractivity contribution in [3.8, 4) is 11.4 Å². The van der Waals surface area contributed by atoms with Crippen LogP contribution in [0.2, 0.25) is 8.67 Å². The Morgan fingerprint density at radius 2 is 2.00 bits per heavy atom. The van der Waals surface area contributed by atoms with Gasteiger partial charge in [0.05, 0.1) is 15.4 Å². The molecule has 0 saturated carbocycles. The molecule has 0 aliphatic rings. The third kappa shape index (κ3) is 2.84. The SMILES string of the molecule is CCNc1nc(-c2cc(Cl)sc2Cl)nc2ccc(C)cc12. The van der Waals surface area contributed by atoms with Crippen molar-refractivity contribution in [2.24, 2.45) is 0 Å². The van der Waals surface area contributed by atoms with Crippen molar-refractivity contribution in [1.82, 2.24) is 9.97 Å². The maximum Gasteiger partial charge on any atom is 0.164 e. The number of halogens is 2. The van der Waals surface area contributed by atoms with Gasteiger partial charge in [-0.1, -0.05) is 34.8 Å². The van der Waals surface area contributed by atoms with Crippen LogP contribution in [0.5, 0.6) is 0 Å². The molecule has 2 aromatic heterocycles. The van der Waals surface area contributed by atoms with Gasteiger partial charge in [0.1, 0.15) is 10.2 Å². The van der Waals surface area contributed by atoms with E-state index in [9.17, 15) is 0 Å². The number of nitrogens with one attached hydrogen (secondary N) is 1. The summed E-state index contributed by atoms with van der Waals surface area (Å²) < 4.78 is 1.24. The minimum Gasteiger partial charge on any atom is -0.370 e. The van der Waals surface area contributed by atoms with Crippen LogP contribution in [-0.2, 0) is 0 Å². The Morgan fingerprint density at radius 1 is 1.19 bits per heavy atom. The first-order valence-corrected chi connectivity index (χ1v) is 8.13. The van der Waals surface area contributed by atoms with Crippen LogP contribution in [0.3, 0.4) is 0 Å². The number of benzene rings is 1. The monoisotopic (exact) mass is 337 g/mol. The fourth-order valence-corrected chi connectivity index (χ4v) is 3.61. The molecule has 3 nitrogen and oxygen atoms in total. The number of anilines is 1. The topological polar surface area (TPSA) is 37.8 Å². The van der Waals surface area contributed by atoms with Crippen molar-refractivity contribution >= 4 is 51.3 Å². The molecule has 0 radical (unpaired) electrons. The summed E-state index contributed by atoms with van der Waals surface area (Å²) in [5, 5.41) is 4.30. The van der Waals surface area contributed by atoms with Gasteiger partial charge in [-0.2, -0.15) is 0 Å². The highest BCUT2D eigenvalue weighted by molar-refractivity contribution is 7.20. The lowest BCUT2D eigenvalue weighted by Crippen LogP contribution is -2.03. The molecule has 0 spiro atoms. The van der Waals surface area contributed by atoms with Crippen LogP contribution in [0.25, 0.3) is 22.3 Å². The zero-order valence-electron chi connectivity index (χ0n) is 11.6. The summed E-state index contributed by atoms with van der Waals surface area (Å²) >= 11 is 13.6. The molecule has 3 rings (SSSR count). The Balaban J connectivity index is 2.25. The summed E-state index contributed by atoms with van der Waals surface area (Å²) in [6.45, 7) is 4.88. The summed E-state index contributed by atoms with van der Waals surface area (Å²) in [5.74, 6) is 1.41. The highest BCUT2D eigenvalue weighted by Gasteiger charge is 2.14. The molecule has 0 atom stereocenters. The average Bonchev–Trinajstić information content (AvgIpc) is 2.78. The number of hydrogen-bond acceptors (Lipinski definition) is 4. The molecule has 21 heavy (non-hydrogen) atoms. The summed E-state index contributed by atoms with van der Waals surface area (Å²) in [4.78, 5) is 9.23. The van der Waals surface area contributed by atoms with Crippen molar-refractivity contribution in [3.63, 3.8) is 0 Å². The Kier molecular flexibility index (Phi) is 4.02. The molecule has 3 aromatic rings. The lowest BCUT2D eigenvalue weighted by Gasteiger charge is -2.10. The van der Waals surface area contributed by atoms with E-state index in [0.29, 0.717) is 14.5 Å². The molecule has 0 aliphatic carbocycles. The van der Waals surface area contributed by atoms with Crippen molar-refractivity contribution in [2.45, 2.75) is 13.8 Å². The highest BCUT2D eigenvalue weighted by atomic mass is 35.5. The number of aryl methyl sites for hydroxylation is 1. The van der Waals surface area contributed by atoms with Crippen LogP contribution in [0.4, 0.5) is 5.82 Å². The first-order chi connectivity index (χ1) is 10.1. The van der Waals surface area contributed by atoms with E-state index in [-0.39, 0.29) is 0 Å². The summed E-state index contributed by atoms with van der Waals surface area (Å²) in [6, 6.07) is 7.93. The number of rotatable bonds is 3. The number of fused-ring (bicyclic) bond motifs is 1. The molecule has 1 aromatic carbocycles. The van der Waals surface area contributed by atoms with Crippen molar-refractivity contribution in [2.75, 3.05) is 11.9 Å². The lowest BCUT2D eigenvalue weighted by atomic mass is 10.1. The van der Waals surface area contributed by atoms with Gasteiger partial charge in [-0.15, -0.1) is 11.3 Å². The van der Waals surface area contributed by atoms with Gasteiger partial charge in [0.2, 0.25) is 0 Å². The highest BCUT2D eigenvalue weighted by Crippen LogP contribution is 2.37. The maximum atomic E-state index is 6.22. The van der Waals surface area contributed by atoms with E-state index in [4.69, 9.17) is 23.2 Å². The Labute approximate surface area is 137 Å². The van der Waals surface area contributed by atoms with E-state index in [1.807, 2.05) is 19.1 Å². The minimum absolute atomic E-state index is 0.593. The molecule has 6 heteroatoms. The van der Waals surface area contributed by atoms with E-state index < -0.39 is 0 Å². The minimum atomic E-state index is 0.593. The molecule has 0 bridgehead atoms. The fraction of sp³-hybridized carbons (Fsp3) is 0.200. The van der Waals surface area contributed by atoms with Gasteiger partial charge < -0.3 is 5.32 Å². The summed E-state index contributed by atoms with van der Waals surface area (Å²) in [5.41, 5.74) is 2.84. The van der Waals surface area contributed by atoms with Crippen LogP contribution < -0.4 is 5.32 Å². The van der Waals surface area contributed by atoms with Gasteiger partial charge in [0.25, 0.3) is 0 Å². The standard InChI is InChI=1S/C15H13Cl2N3S/c1-3-18-14-9-6-8(2)4-5-11(9)19-15(20-14)10-7-12(16)21-13(10)17/h4-7H,3H2,1-2H3,(H,18,19,20). The number of thiophene rings is 1. The number of hydrogen-bond donors (Lipinski definition) is 1. The molecule has 0 fully saturated rings. The first kappa shape index (κ1) is 14.6. The largest absolute Gasteiger partial charge is 0.370 e. The third-order valence-corrected chi connectivity index (χ3v) is 4.58. The van der Waals surface area contributed by atoms with E-state index in [1.165, 1.54) is 16.9 Å². The molecular formula is C15H13Cl2N3S. The Bertz CT molecular complexity index is 814. The van der Waals surface area contributed by atoms with E-state index >= 15 is 0 Å². The number of nitrogens with zero attached hydrogens (tertiary/aromatic N) is 2. The summed E-state index contributed by atoms with van der Waals surface area (Å²) in [7, 11) is 0. The first-order valence-electron chi connectivity index (χ1n) is 6.56. The molecule has 0 aliphatic heterocycles. The zero-order chi connectivity index (χ0) is 15.0. The molecule has 0 saturated heterocycles. The second-order valence-corrected chi connectivity index (χ2v) is 6.97. The normalized spacial score (nSPS) is 11.0. The molecule has 2 heterocycles. The second-order valence-electron chi connectivity index (χ2n) is 4.68. The molecular weight excluding hydrogens is 325 g/mol. The van der Waals surface area contributed by atoms with Crippen LogP contribution in [0.15, 0.2) is 24.3 Å². The Hall–Kier alpha value is -1.36. The Morgan fingerprint density at radius 3 is 2.67 bits per heavy atom. The predicted octanol–water partition coefficient (Wildman–Crippen LogP) is 5.41. The second kappa shape index (κ2) is 5.79. The van der Waals surface area contributed by atoms with Gasteiger partial charge in [-0.3, -0.25) is 0 Å². The maximum absolute atomic E-state index is 6.22. The van der Waals surface area contributed by atoms with Gasteiger partial charge in [-0.05, 0) is 32.0 Å². The van der Waals surface area contributed by atoms with Crippen molar-refractivity contribution in [3.05, 3.63) is 38.5 Å². The predicted molar refractivity (Wildman–Crippen MR) is 91.8 cm³/mol. The van der Waals surface area contributed by atoms with Gasteiger partial charge in [-0.25, -0.2) is 9.97 Å². The lowest BCUT2D eigenvalue weighted by molar-refractivity contribution is 1.15. The molecule has 108 valence electrons. The third-order valence-electron chi connectivity index (χ3n) is 3.09. The average molecular weight is 338 g/mol. The summed E-state index contributed by atoms with van der Waals surface area (Å²) in [6.07, 6.45) is 0. The van der Waals surface area contributed by atoms with E-state index in [0.717, 1.165) is 28.8 Å². The molecule has 0 unspecified atom stereocenters. The van der Waals surface area contributed by atoms with Crippen LogP contribution in [0.1, 0.15) is 12.5 Å². The molecule has 1 N–H and O–H groups in total. The fourth-order valence-electron chi connectivity index (χ4n) is 2.16. The van der Waals surface area contributed by atoms with Crippen LogP contribution in [-0.4, -0.2) is 16.5 Å². The van der Waals surface area contributed by atoms with Crippen molar-refractivity contribution in [1.29, 1.82) is 0 Å². The number of aromatic nitrogens is 2. The van der Waals surface area contributed by atoms with Gasteiger partial charge >= 0.3 is 0 Å². The van der Waals surface area contributed by atoms with Crippen LogP contribution >= 0.6 is 34.5 Å². The van der Waals surface area contributed by atoms with Crippen molar-refractivity contribution < 1.29 is 0 Å².